The molecule has 0 fully saturated rings. The predicted molar refractivity (Wildman–Crippen MR) is 125 cm³/mol. The second-order valence-corrected chi connectivity index (χ2v) is 8.45. The van der Waals surface area contributed by atoms with Gasteiger partial charge in [0, 0.05) is 16.1 Å². The molecule has 2 heterocycles. The number of nitrogens with one attached hydrogen (secondary N) is 1. The summed E-state index contributed by atoms with van der Waals surface area (Å²) in [5.74, 6) is -0.0470. The van der Waals surface area contributed by atoms with Crippen LogP contribution in [-0.2, 0) is 9.59 Å². The van der Waals surface area contributed by atoms with E-state index in [1.165, 1.54) is 16.7 Å². The van der Waals surface area contributed by atoms with Gasteiger partial charge in [0.15, 0.2) is 0 Å². The highest BCUT2D eigenvalue weighted by atomic mass is 32.2. The summed E-state index contributed by atoms with van der Waals surface area (Å²) in [5, 5.41) is 2.77. The average molecular weight is 464 g/mol. The Hall–Kier alpha value is -3.72. The summed E-state index contributed by atoms with van der Waals surface area (Å²) in [5.41, 5.74) is 2.55. The van der Waals surface area contributed by atoms with Crippen LogP contribution in [0.4, 0.5) is 20.2 Å². The number of benzene rings is 3. The van der Waals surface area contributed by atoms with Crippen LogP contribution in [0.1, 0.15) is 6.55 Å². The fourth-order valence-electron chi connectivity index (χ4n) is 3.82. The molecule has 2 amide bonds. The minimum absolute atomic E-state index is 0.112. The third kappa shape index (κ3) is 4.07. The zero-order valence-electron chi connectivity index (χ0n) is 17.2. The quantitative estimate of drug-likeness (QED) is 0.442. The Kier molecular flexibility index (Phi) is 5.55. The van der Waals surface area contributed by atoms with Gasteiger partial charge in [-0.05, 0) is 48.5 Å². The molecule has 1 aromatic heterocycles. The molecule has 1 N–H and O–H groups in total. The maximum atomic E-state index is 13.7. The first-order chi connectivity index (χ1) is 16.0. The SMILES string of the molecule is O=C(CN1C(=O)CSc2ccccc21)Nc1ccc(-c2nc3ccccc3n2C(F)F)cc1. The Balaban J connectivity index is 1.34. The number of anilines is 2. The number of alkyl halides is 2. The van der Waals surface area contributed by atoms with Crippen LogP contribution in [0.15, 0.2) is 77.7 Å². The van der Waals surface area contributed by atoms with Crippen molar-refractivity contribution in [3.8, 4) is 11.4 Å². The number of rotatable bonds is 5. The average Bonchev–Trinajstić information content (AvgIpc) is 3.21. The lowest BCUT2D eigenvalue weighted by molar-refractivity contribution is -0.120. The summed E-state index contributed by atoms with van der Waals surface area (Å²) in [4.78, 5) is 31.8. The highest BCUT2D eigenvalue weighted by Crippen LogP contribution is 2.35. The van der Waals surface area contributed by atoms with Gasteiger partial charge in [-0.2, -0.15) is 8.78 Å². The van der Waals surface area contributed by atoms with Gasteiger partial charge in [-0.15, -0.1) is 11.8 Å². The molecule has 1 aliphatic rings. The van der Waals surface area contributed by atoms with Crippen molar-refractivity contribution < 1.29 is 18.4 Å². The van der Waals surface area contributed by atoms with Crippen LogP contribution < -0.4 is 10.2 Å². The van der Waals surface area contributed by atoms with E-state index in [1.54, 1.807) is 48.5 Å². The van der Waals surface area contributed by atoms with Crippen LogP contribution in [0.2, 0.25) is 0 Å². The molecule has 0 saturated carbocycles. The summed E-state index contributed by atoms with van der Waals surface area (Å²) < 4.78 is 28.3. The van der Waals surface area contributed by atoms with Crippen molar-refractivity contribution in [1.82, 2.24) is 9.55 Å². The first kappa shape index (κ1) is 21.1. The number of amides is 2. The first-order valence-corrected chi connectivity index (χ1v) is 11.2. The first-order valence-electron chi connectivity index (χ1n) is 10.2. The van der Waals surface area contributed by atoms with Gasteiger partial charge < -0.3 is 10.2 Å². The van der Waals surface area contributed by atoms with E-state index >= 15 is 0 Å². The summed E-state index contributed by atoms with van der Waals surface area (Å²) in [6.07, 6.45) is 0. The smallest absolute Gasteiger partial charge is 0.320 e. The topological polar surface area (TPSA) is 67.2 Å². The molecular formula is C24H18F2N4O2S. The van der Waals surface area contributed by atoms with Gasteiger partial charge in [0.1, 0.15) is 12.4 Å². The lowest BCUT2D eigenvalue weighted by atomic mass is 10.2. The Labute approximate surface area is 192 Å². The number of hydrogen-bond acceptors (Lipinski definition) is 4. The monoisotopic (exact) mass is 464 g/mol. The summed E-state index contributed by atoms with van der Waals surface area (Å²) >= 11 is 1.45. The maximum Gasteiger partial charge on any atom is 0.320 e. The van der Waals surface area contributed by atoms with E-state index in [1.807, 2.05) is 24.3 Å². The van der Waals surface area contributed by atoms with Crippen LogP contribution in [-0.4, -0.2) is 33.7 Å². The van der Waals surface area contributed by atoms with Crippen LogP contribution >= 0.6 is 11.8 Å². The Bertz CT molecular complexity index is 1350. The minimum Gasteiger partial charge on any atom is -0.325 e. The van der Waals surface area contributed by atoms with Crippen molar-refractivity contribution in [2.45, 2.75) is 11.4 Å². The van der Waals surface area contributed by atoms with Crippen molar-refractivity contribution >= 4 is 46.0 Å². The molecule has 0 radical (unpaired) electrons. The van der Waals surface area contributed by atoms with Gasteiger partial charge in [0.05, 0.1) is 22.5 Å². The number of aromatic nitrogens is 2. The predicted octanol–water partition coefficient (Wildman–Crippen LogP) is 5.18. The Morgan fingerprint density at radius 1 is 1.03 bits per heavy atom. The fraction of sp³-hybridized carbons (Fsp3) is 0.125. The molecule has 3 aromatic carbocycles. The van der Waals surface area contributed by atoms with E-state index < -0.39 is 6.55 Å². The number of thioether (sulfide) groups is 1. The third-order valence-corrected chi connectivity index (χ3v) is 6.38. The number of para-hydroxylation sites is 3. The Morgan fingerprint density at radius 2 is 1.76 bits per heavy atom. The van der Waals surface area contributed by atoms with Crippen molar-refractivity contribution in [2.75, 3.05) is 22.5 Å². The Morgan fingerprint density at radius 3 is 2.55 bits per heavy atom. The number of carbonyl (C=O) groups is 2. The molecule has 5 rings (SSSR count). The molecule has 0 bridgehead atoms. The molecule has 0 unspecified atom stereocenters. The molecule has 0 spiro atoms. The molecule has 6 nitrogen and oxygen atoms in total. The molecule has 4 aromatic rings. The van der Waals surface area contributed by atoms with Gasteiger partial charge >= 0.3 is 6.55 Å². The molecule has 9 heteroatoms. The summed E-state index contributed by atoms with van der Waals surface area (Å²) in [7, 11) is 0. The van der Waals surface area contributed by atoms with Gasteiger partial charge in [0.25, 0.3) is 0 Å². The van der Waals surface area contributed by atoms with Crippen LogP contribution in [0.25, 0.3) is 22.4 Å². The van der Waals surface area contributed by atoms with Gasteiger partial charge in [-0.3, -0.25) is 14.2 Å². The van der Waals surface area contributed by atoms with E-state index in [0.29, 0.717) is 22.3 Å². The molecule has 166 valence electrons. The zero-order chi connectivity index (χ0) is 22.9. The molecule has 0 aliphatic carbocycles. The van der Waals surface area contributed by atoms with Crippen LogP contribution in [0.5, 0.6) is 0 Å². The van der Waals surface area contributed by atoms with E-state index in [4.69, 9.17) is 0 Å². The second kappa shape index (κ2) is 8.67. The van der Waals surface area contributed by atoms with Crippen molar-refractivity contribution in [3.05, 3.63) is 72.8 Å². The highest BCUT2D eigenvalue weighted by molar-refractivity contribution is 8.00. The van der Waals surface area contributed by atoms with Crippen molar-refractivity contribution in [3.63, 3.8) is 0 Å². The van der Waals surface area contributed by atoms with E-state index in [2.05, 4.69) is 10.3 Å². The van der Waals surface area contributed by atoms with Gasteiger partial charge in [-0.25, -0.2) is 4.98 Å². The standard InChI is InChI=1S/C24H18F2N4O2S/c25-24(26)30-18-6-2-1-5-17(18)28-23(30)15-9-11-16(12-10-15)27-21(31)13-29-19-7-3-4-8-20(19)33-14-22(29)32/h1-12,24H,13-14H2,(H,27,31). The van der Waals surface area contributed by atoms with Crippen LogP contribution in [0.3, 0.4) is 0 Å². The maximum absolute atomic E-state index is 13.7. The van der Waals surface area contributed by atoms with E-state index in [0.717, 1.165) is 15.1 Å². The number of halogens is 2. The highest BCUT2D eigenvalue weighted by Gasteiger charge is 2.26. The third-order valence-electron chi connectivity index (χ3n) is 5.33. The molecule has 0 atom stereocenters. The molecule has 0 saturated heterocycles. The fourth-order valence-corrected chi connectivity index (χ4v) is 4.76. The van der Waals surface area contributed by atoms with Crippen LogP contribution in [0, 0.1) is 0 Å². The lowest BCUT2D eigenvalue weighted by Crippen LogP contribution is -2.41. The summed E-state index contributed by atoms with van der Waals surface area (Å²) in [6, 6.07) is 20.7. The number of fused-ring (bicyclic) bond motifs is 2. The summed E-state index contributed by atoms with van der Waals surface area (Å²) in [6.45, 7) is -2.85. The number of hydrogen-bond donors (Lipinski definition) is 1. The molecular weight excluding hydrogens is 446 g/mol. The number of imidazole rings is 1. The zero-order valence-corrected chi connectivity index (χ0v) is 18.1. The van der Waals surface area contributed by atoms with Crippen molar-refractivity contribution in [2.24, 2.45) is 0 Å². The number of nitrogens with zero attached hydrogens (tertiary/aromatic N) is 3. The van der Waals surface area contributed by atoms with E-state index in [-0.39, 0.29) is 29.9 Å². The number of carbonyl (C=O) groups excluding carboxylic acids is 2. The molecule has 1 aliphatic heterocycles. The van der Waals surface area contributed by atoms with Gasteiger partial charge in [-0.1, -0.05) is 24.3 Å². The molecule has 33 heavy (non-hydrogen) atoms. The van der Waals surface area contributed by atoms with E-state index in [9.17, 15) is 18.4 Å². The lowest BCUT2D eigenvalue weighted by Gasteiger charge is -2.28. The second-order valence-electron chi connectivity index (χ2n) is 7.43. The largest absolute Gasteiger partial charge is 0.325 e. The minimum atomic E-state index is -2.74. The normalized spacial score (nSPS) is 13.4. The van der Waals surface area contributed by atoms with Gasteiger partial charge in [0.2, 0.25) is 11.8 Å². The van der Waals surface area contributed by atoms with Crippen molar-refractivity contribution in [1.29, 1.82) is 0 Å².